The molecule has 3 atom stereocenters. The molecule has 0 aromatic heterocycles. The Bertz CT molecular complexity index is 507. The number of Topliss-reactive ketones (excluding diaryl/α,β-unsaturated/α-hetero) is 1. The fourth-order valence-corrected chi connectivity index (χ4v) is 2.95. The second-order valence-electron chi connectivity index (χ2n) is 4.78. The largest absolute Gasteiger partial charge is 0.307 e. The van der Waals surface area contributed by atoms with E-state index in [0.29, 0.717) is 18.5 Å². The van der Waals surface area contributed by atoms with E-state index in [4.69, 9.17) is 0 Å². The van der Waals surface area contributed by atoms with Gasteiger partial charge in [0.2, 0.25) is 0 Å². The Balaban J connectivity index is 0.00000200. The van der Waals surface area contributed by atoms with Crippen LogP contribution in [0.3, 0.4) is 0 Å². The summed E-state index contributed by atoms with van der Waals surface area (Å²) < 4.78 is 37.3. The lowest BCUT2D eigenvalue weighted by atomic mass is 9.95. The lowest BCUT2D eigenvalue weighted by Gasteiger charge is -2.10. The maximum absolute atomic E-state index is 13.1. The van der Waals surface area contributed by atoms with Crippen LogP contribution in [0.25, 0.3) is 0 Å². The zero-order valence-corrected chi connectivity index (χ0v) is 12.5. The number of halogens is 3. The Morgan fingerprint density at radius 3 is 2.50 bits per heavy atom. The first-order chi connectivity index (χ1) is 8.95. The van der Waals surface area contributed by atoms with Crippen molar-refractivity contribution >= 4 is 29.0 Å². The van der Waals surface area contributed by atoms with Gasteiger partial charge in [-0.05, 0) is 30.0 Å². The van der Waals surface area contributed by atoms with Gasteiger partial charge in [0.1, 0.15) is 11.6 Å². The Morgan fingerprint density at radius 2 is 1.95 bits per heavy atom. The zero-order valence-electron chi connectivity index (χ0n) is 10.9. The molecule has 112 valence electrons. The van der Waals surface area contributed by atoms with E-state index in [1.165, 1.54) is 18.4 Å². The molecule has 1 saturated heterocycles. The van der Waals surface area contributed by atoms with Crippen LogP contribution in [0.5, 0.6) is 0 Å². The number of hydrogen-bond donors (Lipinski definition) is 1. The SMILES string of the molecule is CS(=O)CC(=O)C1C[C@@H](c2cc(F)cc(F)c2)CN1.Cl. The zero-order chi connectivity index (χ0) is 14.0. The standard InChI is InChI=1S/C13H15F2NO2S.ClH/c1-19(18)7-13(17)12-4-9(6-16-12)8-2-10(14)5-11(15)3-8;/h2-3,5,9,12,16H,4,6-7H2,1H3;1H/t9-,12?,19?;/m1./s1. The minimum atomic E-state index is -1.16. The van der Waals surface area contributed by atoms with Crippen molar-refractivity contribution < 1.29 is 17.8 Å². The molecule has 2 rings (SSSR count). The molecule has 1 aliphatic heterocycles. The van der Waals surface area contributed by atoms with Crippen molar-refractivity contribution in [3.63, 3.8) is 0 Å². The summed E-state index contributed by atoms with van der Waals surface area (Å²) in [7, 11) is -1.16. The second kappa shape index (κ2) is 7.24. The van der Waals surface area contributed by atoms with Crippen LogP contribution >= 0.6 is 12.4 Å². The topological polar surface area (TPSA) is 46.2 Å². The Morgan fingerprint density at radius 1 is 1.35 bits per heavy atom. The molecule has 1 fully saturated rings. The van der Waals surface area contributed by atoms with E-state index in [0.717, 1.165) is 6.07 Å². The molecule has 0 saturated carbocycles. The van der Waals surface area contributed by atoms with E-state index in [-0.39, 0.29) is 35.9 Å². The minimum Gasteiger partial charge on any atom is -0.307 e. The monoisotopic (exact) mass is 323 g/mol. The highest BCUT2D eigenvalue weighted by Crippen LogP contribution is 2.27. The van der Waals surface area contributed by atoms with Crippen LogP contribution < -0.4 is 5.32 Å². The van der Waals surface area contributed by atoms with Crippen molar-refractivity contribution in [2.45, 2.75) is 18.4 Å². The minimum absolute atomic E-state index is 0. The van der Waals surface area contributed by atoms with Crippen molar-refractivity contribution in [1.82, 2.24) is 5.32 Å². The highest BCUT2D eigenvalue weighted by Gasteiger charge is 2.30. The number of rotatable bonds is 4. The lowest BCUT2D eigenvalue weighted by Crippen LogP contribution is -2.33. The van der Waals surface area contributed by atoms with Gasteiger partial charge in [0, 0.05) is 29.7 Å². The predicted molar refractivity (Wildman–Crippen MR) is 76.7 cm³/mol. The van der Waals surface area contributed by atoms with E-state index < -0.39 is 22.4 Å². The molecule has 0 aliphatic carbocycles. The molecule has 3 nitrogen and oxygen atoms in total. The van der Waals surface area contributed by atoms with Crippen molar-refractivity contribution in [2.75, 3.05) is 18.6 Å². The third kappa shape index (κ3) is 4.33. The van der Waals surface area contributed by atoms with Crippen molar-refractivity contribution in [3.05, 3.63) is 35.4 Å². The summed E-state index contributed by atoms with van der Waals surface area (Å²) in [4.78, 5) is 11.8. The molecule has 2 unspecified atom stereocenters. The molecule has 1 aliphatic rings. The summed E-state index contributed by atoms with van der Waals surface area (Å²) >= 11 is 0. The number of carbonyl (C=O) groups excluding carboxylic acids is 1. The number of benzene rings is 1. The molecule has 0 bridgehead atoms. The van der Waals surface area contributed by atoms with Crippen molar-refractivity contribution in [3.8, 4) is 0 Å². The first kappa shape index (κ1) is 17.2. The van der Waals surface area contributed by atoms with E-state index in [9.17, 15) is 17.8 Å². The van der Waals surface area contributed by atoms with Gasteiger partial charge in [-0.25, -0.2) is 8.78 Å². The molecule has 7 heteroatoms. The molecule has 1 heterocycles. The van der Waals surface area contributed by atoms with Crippen molar-refractivity contribution in [2.24, 2.45) is 0 Å². The predicted octanol–water partition coefficient (Wildman–Crippen LogP) is 1.78. The van der Waals surface area contributed by atoms with Gasteiger partial charge in [-0.1, -0.05) is 0 Å². The Kier molecular flexibility index (Phi) is 6.23. The van der Waals surface area contributed by atoms with E-state index in [2.05, 4.69) is 5.32 Å². The maximum atomic E-state index is 13.1. The molecular weight excluding hydrogens is 308 g/mol. The van der Waals surface area contributed by atoms with Crippen LogP contribution in [0.15, 0.2) is 18.2 Å². The average Bonchev–Trinajstić information content (AvgIpc) is 2.75. The quantitative estimate of drug-likeness (QED) is 0.918. The van der Waals surface area contributed by atoms with Crippen LogP contribution in [0.1, 0.15) is 17.9 Å². The van der Waals surface area contributed by atoms with Crippen LogP contribution in [0, 0.1) is 11.6 Å². The van der Waals surface area contributed by atoms with Gasteiger partial charge in [-0.15, -0.1) is 12.4 Å². The molecule has 1 N–H and O–H groups in total. The third-order valence-electron chi connectivity index (χ3n) is 3.22. The fourth-order valence-electron chi connectivity index (χ4n) is 2.35. The van der Waals surface area contributed by atoms with Gasteiger partial charge in [-0.3, -0.25) is 9.00 Å². The third-order valence-corrected chi connectivity index (χ3v) is 3.91. The smallest absolute Gasteiger partial charge is 0.162 e. The lowest BCUT2D eigenvalue weighted by molar-refractivity contribution is -0.118. The van der Waals surface area contributed by atoms with E-state index >= 15 is 0 Å². The van der Waals surface area contributed by atoms with Gasteiger partial charge in [0.15, 0.2) is 5.78 Å². The average molecular weight is 324 g/mol. The van der Waals surface area contributed by atoms with Crippen LogP contribution in [-0.2, 0) is 15.6 Å². The second-order valence-corrected chi connectivity index (χ2v) is 6.22. The molecule has 0 radical (unpaired) electrons. The first-order valence-corrected chi connectivity index (χ1v) is 7.70. The molecule has 1 aromatic carbocycles. The van der Waals surface area contributed by atoms with E-state index in [1.54, 1.807) is 0 Å². The molecular formula is C13H16ClF2NO2S. The number of carbonyl (C=O) groups is 1. The van der Waals surface area contributed by atoms with Crippen LogP contribution in [-0.4, -0.2) is 34.6 Å². The van der Waals surface area contributed by atoms with Crippen LogP contribution in [0.4, 0.5) is 8.78 Å². The first-order valence-electron chi connectivity index (χ1n) is 5.98. The Labute approximate surface area is 125 Å². The molecule has 20 heavy (non-hydrogen) atoms. The summed E-state index contributed by atoms with van der Waals surface area (Å²) in [6, 6.07) is 3.04. The van der Waals surface area contributed by atoms with Gasteiger partial charge in [0.05, 0.1) is 11.8 Å². The molecule has 1 aromatic rings. The van der Waals surface area contributed by atoms with Crippen molar-refractivity contribution in [1.29, 1.82) is 0 Å². The fraction of sp³-hybridized carbons (Fsp3) is 0.462. The summed E-state index contributed by atoms with van der Waals surface area (Å²) in [6.45, 7) is 0.496. The highest BCUT2D eigenvalue weighted by molar-refractivity contribution is 7.85. The maximum Gasteiger partial charge on any atom is 0.162 e. The van der Waals surface area contributed by atoms with Gasteiger partial charge in [-0.2, -0.15) is 0 Å². The number of hydrogen-bond acceptors (Lipinski definition) is 3. The number of ketones is 1. The summed E-state index contributed by atoms with van der Waals surface area (Å²) in [6.07, 6.45) is 1.96. The number of nitrogens with one attached hydrogen (secondary N) is 1. The van der Waals surface area contributed by atoms with E-state index in [1.807, 2.05) is 0 Å². The van der Waals surface area contributed by atoms with Gasteiger partial charge >= 0.3 is 0 Å². The summed E-state index contributed by atoms with van der Waals surface area (Å²) in [5.41, 5.74) is 0.554. The highest BCUT2D eigenvalue weighted by atomic mass is 35.5. The van der Waals surface area contributed by atoms with Crippen LogP contribution in [0.2, 0.25) is 0 Å². The Hall–Kier alpha value is -0.850. The van der Waals surface area contributed by atoms with Gasteiger partial charge in [0.25, 0.3) is 0 Å². The molecule has 0 spiro atoms. The summed E-state index contributed by atoms with van der Waals surface area (Å²) in [5, 5.41) is 3.02. The summed E-state index contributed by atoms with van der Waals surface area (Å²) in [5.74, 6) is -1.41. The normalized spacial score (nSPS) is 23.1. The van der Waals surface area contributed by atoms with Gasteiger partial charge < -0.3 is 5.32 Å². The molecule has 0 amide bonds.